The van der Waals surface area contributed by atoms with E-state index < -0.39 is 11.8 Å². The molecule has 2 amide bonds. The van der Waals surface area contributed by atoms with Crippen LogP contribution in [0.3, 0.4) is 0 Å². The highest BCUT2D eigenvalue weighted by Crippen LogP contribution is 2.16. The van der Waals surface area contributed by atoms with Gasteiger partial charge in [0.05, 0.1) is 6.54 Å². The molecule has 7 nitrogen and oxygen atoms in total. The molecule has 0 aliphatic carbocycles. The van der Waals surface area contributed by atoms with Crippen LogP contribution in [0.15, 0.2) is 24.5 Å². The number of benzene rings is 1. The molecule has 24 heavy (non-hydrogen) atoms. The van der Waals surface area contributed by atoms with Crippen LogP contribution in [0.4, 0.5) is 5.69 Å². The predicted molar refractivity (Wildman–Crippen MR) is 91.4 cm³/mol. The molecule has 0 saturated carbocycles. The first-order valence-electron chi connectivity index (χ1n) is 7.81. The standard InChI is InChI=1S/C17H23N5O2/c1-11(2)22-10-18-20-15(22)9-21(5)17(24)16(23)19-14-7-6-12(3)8-13(14)4/h6-8,10-11H,9H2,1-5H3,(H,19,23). The fourth-order valence-electron chi connectivity index (χ4n) is 2.40. The van der Waals surface area contributed by atoms with Crippen LogP contribution in [-0.4, -0.2) is 38.5 Å². The lowest BCUT2D eigenvalue weighted by molar-refractivity contribution is -0.142. The number of likely N-dealkylation sites (N-methyl/N-ethyl adjacent to an activating group) is 1. The van der Waals surface area contributed by atoms with E-state index in [-0.39, 0.29) is 12.6 Å². The normalized spacial score (nSPS) is 10.8. The van der Waals surface area contributed by atoms with Crippen LogP contribution in [0.2, 0.25) is 0 Å². The first-order valence-corrected chi connectivity index (χ1v) is 7.81. The van der Waals surface area contributed by atoms with Crippen LogP contribution >= 0.6 is 0 Å². The van der Waals surface area contributed by atoms with E-state index in [9.17, 15) is 9.59 Å². The highest BCUT2D eigenvalue weighted by atomic mass is 16.2. The van der Waals surface area contributed by atoms with E-state index >= 15 is 0 Å². The van der Waals surface area contributed by atoms with Crippen molar-refractivity contribution in [1.82, 2.24) is 19.7 Å². The Morgan fingerprint density at radius 3 is 2.62 bits per heavy atom. The summed E-state index contributed by atoms with van der Waals surface area (Å²) in [5.74, 6) is -0.645. The predicted octanol–water partition coefficient (Wildman–Crippen LogP) is 2.07. The Balaban J connectivity index is 2.04. The molecule has 128 valence electrons. The summed E-state index contributed by atoms with van der Waals surface area (Å²) in [6.07, 6.45) is 1.62. The van der Waals surface area contributed by atoms with E-state index in [0.717, 1.165) is 11.1 Å². The maximum atomic E-state index is 12.3. The van der Waals surface area contributed by atoms with Crippen LogP contribution < -0.4 is 5.32 Å². The van der Waals surface area contributed by atoms with Crippen molar-refractivity contribution in [1.29, 1.82) is 0 Å². The van der Waals surface area contributed by atoms with E-state index in [2.05, 4.69) is 15.5 Å². The minimum Gasteiger partial charge on any atom is -0.330 e. The number of carbonyl (C=O) groups excluding carboxylic acids is 2. The highest BCUT2D eigenvalue weighted by molar-refractivity contribution is 6.39. The fraction of sp³-hybridized carbons (Fsp3) is 0.412. The number of aromatic nitrogens is 3. The highest BCUT2D eigenvalue weighted by Gasteiger charge is 2.21. The average Bonchev–Trinajstić information content (AvgIpc) is 2.97. The Kier molecular flexibility index (Phi) is 5.33. The molecule has 0 fully saturated rings. The molecule has 0 aliphatic heterocycles. The average molecular weight is 329 g/mol. The first-order chi connectivity index (χ1) is 11.3. The van der Waals surface area contributed by atoms with Gasteiger partial charge in [0.2, 0.25) is 0 Å². The van der Waals surface area contributed by atoms with Gasteiger partial charge in [-0.25, -0.2) is 0 Å². The van der Waals surface area contributed by atoms with Crippen molar-refractivity contribution in [3.63, 3.8) is 0 Å². The molecule has 2 rings (SSSR count). The molecule has 0 bridgehead atoms. The molecule has 0 saturated heterocycles. The zero-order valence-corrected chi connectivity index (χ0v) is 14.7. The van der Waals surface area contributed by atoms with Gasteiger partial charge in [-0.15, -0.1) is 10.2 Å². The van der Waals surface area contributed by atoms with Crippen molar-refractivity contribution in [2.24, 2.45) is 0 Å². The number of amides is 2. The summed E-state index contributed by atoms with van der Waals surface area (Å²) in [4.78, 5) is 25.8. The third kappa shape index (κ3) is 3.98. The fourth-order valence-corrected chi connectivity index (χ4v) is 2.40. The molecule has 1 aromatic carbocycles. The monoisotopic (exact) mass is 329 g/mol. The summed E-state index contributed by atoms with van der Waals surface area (Å²) < 4.78 is 1.87. The third-order valence-corrected chi connectivity index (χ3v) is 3.75. The minimum atomic E-state index is -0.667. The number of anilines is 1. The molecule has 7 heteroatoms. The van der Waals surface area contributed by atoms with Gasteiger partial charge in [-0.3, -0.25) is 9.59 Å². The maximum Gasteiger partial charge on any atom is 0.313 e. The van der Waals surface area contributed by atoms with Crippen LogP contribution in [-0.2, 0) is 16.1 Å². The number of hydrogen-bond donors (Lipinski definition) is 1. The molecule has 0 unspecified atom stereocenters. The first kappa shape index (κ1) is 17.7. The molecule has 1 aromatic heterocycles. The van der Waals surface area contributed by atoms with Crippen molar-refractivity contribution in [2.45, 2.75) is 40.3 Å². The van der Waals surface area contributed by atoms with Gasteiger partial charge >= 0.3 is 11.8 Å². The molecular formula is C17H23N5O2. The zero-order valence-electron chi connectivity index (χ0n) is 14.7. The number of aryl methyl sites for hydroxylation is 2. The molecule has 0 atom stereocenters. The summed E-state index contributed by atoms with van der Waals surface area (Å²) in [6, 6.07) is 5.82. The van der Waals surface area contributed by atoms with Crippen LogP contribution in [0.25, 0.3) is 0 Å². The SMILES string of the molecule is Cc1ccc(NC(=O)C(=O)N(C)Cc2nncn2C(C)C)c(C)c1. The second kappa shape index (κ2) is 7.25. The molecule has 2 aromatic rings. The summed E-state index contributed by atoms with van der Waals surface area (Å²) in [6.45, 7) is 8.09. The van der Waals surface area contributed by atoms with Crippen LogP contribution in [0.5, 0.6) is 0 Å². The van der Waals surface area contributed by atoms with E-state index in [1.54, 1.807) is 19.4 Å². The Hall–Kier alpha value is -2.70. The second-order valence-corrected chi connectivity index (χ2v) is 6.18. The number of nitrogens with zero attached hydrogens (tertiary/aromatic N) is 4. The Morgan fingerprint density at radius 2 is 2.00 bits per heavy atom. The van der Waals surface area contributed by atoms with Gasteiger partial charge in [-0.2, -0.15) is 0 Å². The van der Waals surface area contributed by atoms with Gasteiger partial charge in [0, 0.05) is 18.8 Å². The largest absolute Gasteiger partial charge is 0.330 e. The van der Waals surface area contributed by atoms with Gasteiger partial charge in [0.25, 0.3) is 0 Å². The summed E-state index contributed by atoms with van der Waals surface area (Å²) in [5.41, 5.74) is 2.65. The molecule has 0 spiro atoms. The van der Waals surface area contributed by atoms with Crippen molar-refractivity contribution in [3.05, 3.63) is 41.5 Å². The number of nitrogens with one attached hydrogen (secondary N) is 1. The Bertz CT molecular complexity index is 751. The number of carbonyl (C=O) groups is 2. The van der Waals surface area contributed by atoms with Gasteiger partial charge in [-0.1, -0.05) is 17.7 Å². The summed E-state index contributed by atoms with van der Waals surface area (Å²) in [5, 5.41) is 10.5. The minimum absolute atomic E-state index is 0.183. The van der Waals surface area contributed by atoms with E-state index in [0.29, 0.717) is 11.5 Å². The van der Waals surface area contributed by atoms with Gasteiger partial charge in [0.1, 0.15) is 6.33 Å². The van der Waals surface area contributed by atoms with Gasteiger partial charge in [0.15, 0.2) is 5.82 Å². The van der Waals surface area contributed by atoms with E-state index in [4.69, 9.17) is 0 Å². The topological polar surface area (TPSA) is 80.1 Å². The van der Waals surface area contributed by atoms with Gasteiger partial charge < -0.3 is 14.8 Å². The Labute approximate surface area is 141 Å². The number of rotatable bonds is 4. The van der Waals surface area contributed by atoms with Crippen molar-refractivity contribution in [2.75, 3.05) is 12.4 Å². The van der Waals surface area contributed by atoms with Crippen molar-refractivity contribution >= 4 is 17.5 Å². The summed E-state index contributed by atoms with van der Waals surface area (Å²) >= 11 is 0. The lowest BCUT2D eigenvalue weighted by Crippen LogP contribution is -2.37. The second-order valence-electron chi connectivity index (χ2n) is 6.18. The van der Waals surface area contributed by atoms with Crippen LogP contribution in [0, 0.1) is 13.8 Å². The Morgan fingerprint density at radius 1 is 1.29 bits per heavy atom. The lowest BCUT2D eigenvalue weighted by Gasteiger charge is -2.18. The summed E-state index contributed by atoms with van der Waals surface area (Å²) in [7, 11) is 1.57. The van der Waals surface area contributed by atoms with E-state index in [1.165, 1.54) is 4.90 Å². The number of hydrogen-bond acceptors (Lipinski definition) is 4. The van der Waals surface area contributed by atoms with Crippen LogP contribution in [0.1, 0.15) is 36.8 Å². The van der Waals surface area contributed by atoms with Crippen molar-refractivity contribution in [3.8, 4) is 0 Å². The molecule has 1 heterocycles. The quantitative estimate of drug-likeness (QED) is 0.871. The molecule has 0 radical (unpaired) electrons. The maximum absolute atomic E-state index is 12.3. The van der Waals surface area contributed by atoms with E-state index in [1.807, 2.05) is 44.4 Å². The molecule has 1 N–H and O–H groups in total. The zero-order chi connectivity index (χ0) is 17.9. The lowest BCUT2D eigenvalue weighted by atomic mass is 10.1. The molecular weight excluding hydrogens is 306 g/mol. The molecule has 0 aliphatic rings. The van der Waals surface area contributed by atoms with Gasteiger partial charge in [-0.05, 0) is 39.3 Å². The smallest absolute Gasteiger partial charge is 0.313 e. The van der Waals surface area contributed by atoms with Crippen molar-refractivity contribution < 1.29 is 9.59 Å². The third-order valence-electron chi connectivity index (χ3n) is 3.75.